The third kappa shape index (κ3) is 11.3. The van der Waals surface area contributed by atoms with E-state index in [0.717, 1.165) is 70.3 Å². The molecule has 0 radical (unpaired) electrons. The van der Waals surface area contributed by atoms with Crippen molar-refractivity contribution in [2.45, 2.75) is 43.8 Å². The number of para-hydroxylation sites is 1. The number of phenolic OH excluding ortho intramolecular Hbond substituents is 1. The van der Waals surface area contributed by atoms with E-state index in [9.17, 15) is 14.7 Å². The molecule has 1 aromatic rings. The number of hydrogen-bond acceptors (Lipinski definition) is 8. The number of nitrogens with one attached hydrogen (secondary N) is 3. The first-order chi connectivity index (χ1) is 17.6. The maximum absolute atomic E-state index is 12.4. The molecule has 10 heteroatoms. The van der Waals surface area contributed by atoms with Crippen molar-refractivity contribution in [3.63, 3.8) is 0 Å². The largest absolute Gasteiger partial charge is 0.507 e. The summed E-state index contributed by atoms with van der Waals surface area (Å²) in [4.78, 5) is 29.5. The van der Waals surface area contributed by atoms with Gasteiger partial charge in [0.1, 0.15) is 5.75 Å². The number of amides is 2. The summed E-state index contributed by atoms with van der Waals surface area (Å²) in [6.07, 6.45) is 6.26. The molecule has 36 heavy (non-hydrogen) atoms. The second-order valence-electron chi connectivity index (χ2n) is 9.48. The molecule has 0 bridgehead atoms. The van der Waals surface area contributed by atoms with Crippen molar-refractivity contribution in [1.29, 1.82) is 0 Å². The van der Waals surface area contributed by atoms with Gasteiger partial charge in [0.2, 0.25) is 5.91 Å². The number of phenols is 1. The summed E-state index contributed by atoms with van der Waals surface area (Å²) in [5.41, 5.74) is 0.292. The highest BCUT2D eigenvalue weighted by molar-refractivity contribution is 8.77. The van der Waals surface area contributed by atoms with Crippen LogP contribution in [0.5, 0.6) is 5.75 Å². The molecule has 2 fully saturated rings. The van der Waals surface area contributed by atoms with Crippen molar-refractivity contribution in [1.82, 2.24) is 25.8 Å². The number of hydrogen-bond donors (Lipinski definition) is 4. The number of rotatable bonds is 16. The van der Waals surface area contributed by atoms with E-state index in [4.69, 9.17) is 0 Å². The van der Waals surface area contributed by atoms with Gasteiger partial charge in [0.05, 0.1) is 5.56 Å². The first kappa shape index (κ1) is 29.1. The van der Waals surface area contributed by atoms with Crippen LogP contribution in [-0.2, 0) is 4.79 Å². The van der Waals surface area contributed by atoms with Crippen LogP contribution in [-0.4, -0.2) is 103 Å². The third-order valence-corrected chi connectivity index (χ3v) is 9.68. The van der Waals surface area contributed by atoms with Gasteiger partial charge in [0.15, 0.2) is 0 Å². The smallest absolute Gasteiger partial charge is 0.255 e. The molecule has 0 aliphatic carbocycles. The molecule has 2 aliphatic heterocycles. The van der Waals surface area contributed by atoms with Gasteiger partial charge in [-0.2, -0.15) is 0 Å². The molecule has 1 atom stereocenters. The fraction of sp³-hybridized carbons (Fsp3) is 0.692. The van der Waals surface area contributed by atoms with Crippen molar-refractivity contribution in [3.05, 3.63) is 29.8 Å². The molecule has 1 aromatic carbocycles. The monoisotopic (exact) mass is 537 g/mol. The maximum atomic E-state index is 12.4. The summed E-state index contributed by atoms with van der Waals surface area (Å²) in [5, 5.41) is 20.1. The molecule has 2 amide bonds. The molecule has 0 aromatic heterocycles. The number of carbonyl (C=O) groups excluding carboxylic acids is 2. The predicted molar refractivity (Wildman–Crippen MR) is 151 cm³/mol. The van der Waals surface area contributed by atoms with E-state index in [1.165, 1.54) is 24.7 Å². The Morgan fingerprint density at radius 2 is 1.83 bits per heavy atom. The molecule has 4 N–H and O–H groups in total. The standard InChI is InChI=1S/C26H43N5O3S2/c32-24-8-3-2-7-23(24)26(34)29-14-20-31(16-5-15-30-17-11-27-12-18-30)19-13-28-25(33)9-4-1-6-22-10-21-35-36-22/h2-3,7-8,22,27,32H,1,4-6,9-21H2,(H,28,33)(H,29,34). The normalized spacial score (nSPS) is 18.4. The minimum Gasteiger partial charge on any atom is -0.507 e. The Balaban J connectivity index is 1.34. The SMILES string of the molecule is O=C(CCCCC1CCSS1)NCCN(CCCN1CCNCC1)CCNC(=O)c1ccccc1O. The Bertz CT molecular complexity index is 789. The summed E-state index contributed by atoms with van der Waals surface area (Å²) in [7, 11) is 3.98. The van der Waals surface area contributed by atoms with Crippen molar-refractivity contribution in [3.8, 4) is 5.75 Å². The van der Waals surface area contributed by atoms with Crippen LogP contribution in [0.15, 0.2) is 24.3 Å². The van der Waals surface area contributed by atoms with Crippen LogP contribution in [0.1, 0.15) is 48.9 Å². The summed E-state index contributed by atoms with van der Waals surface area (Å²) in [6.45, 7) is 8.83. The van der Waals surface area contributed by atoms with E-state index in [0.29, 0.717) is 31.6 Å². The van der Waals surface area contributed by atoms with E-state index in [1.54, 1.807) is 18.2 Å². The molecule has 0 spiro atoms. The van der Waals surface area contributed by atoms with Gasteiger partial charge in [0.25, 0.3) is 5.91 Å². The van der Waals surface area contributed by atoms with E-state index in [2.05, 4.69) is 25.8 Å². The van der Waals surface area contributed by atoms with Crippen LogP contribution in [0.25, 0.3) is 0 Å². The Morgan fingerprint density at radius 3 is 2.58 bits per heavy atom. The summed E-state index contributed by atoms with van der Waals surface area (Å²) >= 11 is 0. The number of piperazine rings is 1. The molecule has 202 valence electrons. The second kappa shape index (κ2) is 17.1. The Hall–Kier alpha value is -1.46. The minimum atomic E-state index is -0.267. The number of aromatic hydroxyl groups is 1. The van der Waals surface area contributed by atoms with Crippen LogP contribution in [0.2, 0.25) is 0 Å². The first-order valence-electron chi connectivity index (χ1n) is 13.4. The minimum absolute atomic E-state index is 0.00789. The number of carbonyl (C=O) groups is 2. The van der Waals surface area contributed by atoms with Crippen LogP contribution >= 0.6 is 21.6 Å². The molecule has 8 nitrogen and oxygen atoms in total. The van der Waals surface area contributed by atoms with Gasteiger partial charge < -0.3 is 26.0 Å². The molecule has 0 saturated carbocycles. The fourth-order valence-electron chi connectivity index (χ4n) is 4.54. The lowest BCUT2D eigenvalue weighted by Crippen LogP contribution is -2.45. The highest BCUT2D eigenvalue weighted by atomic mass is 33.1. The quantitative estimate of drug-likeness (QED) is 0.189. The summed E-state index contributed by atoms with van der Waals surface area (Å²) in [6, 6.07) is 6.59. The third-order valence-electron chi connectivity index (χ3n) is 6.68. The number of benzene rings is 1. The number of nitrogens with zero attached hydrogens (tertiary/aromatic N) is 2. The molecule has 2 saturated heterocycles. The zero-order valence-electron chi connectivity index (χ0n) is 21.4. The highest BCUT2D eigenvalue weighted by Gasteiger charge is 2.16. The van der Waals surface area contributed by atoms with Gasteiger partial charge in [-0.05, 0) is 50.9 Å². The van der Waals surface area contributed by atoms with Crippen LogP contribution in [0, 0.1) is 0 Å². The average Bonchev–Trinajstić information content (AvgIpc) is 3.41. The number of unbranched alkanes of at least 4 members (excludes halogenated alkanes) is 1. The van der Waals surface area contributed by atoms with Crippen molar-refractivity contribution < 1.29 is 14.7 Å². The molecule has 2 aliphatic rings. The summed E-state index contributed by atoms with van der Waals surface area (Å²) < 4.78 is 0. The van der Waals surface area contributed by atoms with Crippen molar-refractivity contribution in [2.24, 2.45) is 0 Å². The van der Waals surface area contributed by atoms with Crippen LogP contribution < -0.4 is 16.0 Å². The molecular weight excluding hydrogens is 494 g/mol. The lowest BCUT2D eigenvalue weighted by molar-refractivity contribution is -0.121. The molecule has 2 heterocycles. The predicted octanol–water partition coefficient (Wildman–Crippen LogP) is 2.55. The second-order valence-corrected chi connectivity index (χ2v) is 12.3. The first-order valence-corrected chi connectivity index (χ1v) is 15.8. The molecule has 1 unspecified atom stereocenters. The Labute approximate surface area is 224 Å². The van der Waals surface area contributed by atoms with Gasteiger partial charge in [0, 0.05) is 69.8 Å². The van der Waals surface area contributed by atoms with E-state index in [1.807, 2.05) is 21.6 Å². The topological polar surface area (TPSA) is 96.9 Å². The maximum Gasteiger partial charge on any atom is 0.255 e. The van der Waals surface area contributed by atoms with Crippen molar-refractivity contribution in [2.75, 3.05) is 71.2 Å². The highest BCUT2D eigenvalue weighted by Crippen LogP contribution is 2.39. The lowest BCUT2D eigenvalue weighted by Gasteiger charge is -2.29. The van der Waals surface area contributed by atoms with Gasteiger partial charge in [-0.25, -0.2) is 0 Å². The lowest BCUT2D eigenvalue weighted by atomic mass is 10.1. The van der Waals surface area contributed by atoms with E-state index < -0.39 is 0 Å². The van der Waals surface area contributed by atoms with E-state index in [-0.39, 0.29) is 17.6 Å². The van der Waals surface area contributed by atoms with Crippen molar-refractivity contribution >= 4 is 33.4 Å². The van der Waals surface area contributed by atoms with Crippen LogP contribution in [0.4, 0.5) is 0 Å². The fourth-order valence-corrected chi connectivity index (χ4v) is 7.57. The molecular formula is C26H43N5O3S2. The average molecular weight is 538 g/mol. The Kier molecular flexibility index (Phi) is 13.8. The van der Waals surface area contributed by atoms with Crippen LogP contribution in [0.3, 0.4) is 0 Å². The van der Waals surface area contributed by atoms with E-state index >= 15 is 0 Å². The zero-order chi connectivity index (χ0) is 25.4. The van der Waals surface area contributed by atoms with Gasteiger partial charge in [-0.1, -0.05) is 40.1 Å². The van der Waals surface area contributed by atoms with Gasteiger partial charge in [-0.3, -0.25) is 14.5 Å². The molecule has 3 rings (SSSR count). The summed E-state index contributed by atoms with van der Waals surface area (Å²) in [5.74, 6) is 1.13. The van der Waals surface area contributed by atoms with Gasteiger partial charge >= 0.3 is 0 Å². The van der Waals surface area contributed by atoms with Gasteiger partial charge in [-0.15, -0.1) is 0 Å². The Morgan fingerprint density at radius 1 is 1.06 bits per heavy atom. The zero-order valence-corrected chi connectivity index (χ0v) is 23.0.